The number of aromatic amines is 1. The number of anilines is 1. The molecule has 1 aromatic carbocycles. The Balaban J connectivity index is 1.77. The lowest BCUT2D eigenvalue weighted by Gasteiger charge is -2.57. The quantitative estimate of drug-likeness (QED) is 0.805. The van der Waals surface area contributed by atoms with E-state index in [2.05, 4.69) is 15.3 Å². The molecule has 3 rings (SSSR count). The number of amides is 1. The van der Waals surface area contributed by atoms with Crippen molar-refractivity contribution in [1.29, 1.82) is 0 Å². The van der Waals surface area contributed by atoms with E-state index < -0.39 is 11.0 Å². The van der Waals surface area contributed by atoms with Crippen LogP contribution >= 0.6 is 0 Å². The number of ether oxygens (including phenoxy) is 1. The fraction of sp³-hybridized carbons (Fsp3) is 0.500. The molecule has 118 valence electrons. The molecule has 1 heterocycles. The summed E-state index contributed by atoms with van der Waals surface area (Å²) >= 11 is 0. The van der Waals surface area contributed by atoms with Crippen LogP contribution in [-0.2, 0) is 9.53 Å². The van der Waals surface area contributed by atoms with Gasteiger partial charge in [-0.3, -0.25) is 10.1 Å². The highest BCUT2D eigenvalue weighted by molar-refractivity contribution is 5.99. The molecule has 0 aliphatic heterocycles. The summed E-state index contributed by atoms with van der Waals surface area (Å²) in [5.74, 6) is 0.194. The Bertz CT molecular complexity index is 676. The number of benzene rings is 1. The Morgan fingerprint density at radius 3 is 2.86 bits per heavy atom. The fourth-order valence-corrected chi connectivity index (χ4v) is 3.05. The minimum atomic E-state index is -0.953. The van der Waals surface area contributed by atoms with Crippen LogP contribution in [0.5, 0.6) is 0 Å². The number of H-pyrrole nitrogens is 1. The van der Waals surface area contributed by atoms with E-state index in [1.54, 1.807) is 0 Å². The highest BCUT2D eigenvalue weighted by Crippen LogP contribution is 2.50. The van der Waals surface area contributed by atoms with Gasteiger partial charge in [-0.05, 0) is 19.1 Å². The summed E-state index contributed by atoms with van der Waals surface area (Å²) in [5.41, 5.74) is 6.67. The van der Waals surface area contributed by atoms with Crippen LogP contribution in [0.15, 0.2) is 24.3 Å². The lowest BCUT2D eigenvalue weighted by atomic mass is 9.54. The molecular weight excluding hydrogens is 280 g/mol. The molecule has 1 fully saturated rings. The van der Waals surface area contributed by atoms with Gasteiger partial charge >= 0.3 is 0 Å². The van der Waals surface area contributed by atoms with Gasteiger partial charge in [-0.2, -0.15) is 0 Å². The largest absolute Gasteiger partial charge is 0.378 e. The first-order chi connectivity index (χ1) is 10.4. The maximum absolute atomic E-state index is 12.6. The number of hydrogen-bond acceptors (Lipinski definition) is 4. The molecule has 1 amide bonds. The van der Waals surface area contributed by atoms with E-state index >= 15 is 0 Å². The molecule has 1 aliphatic carbocycles. The first-order valence-electron chi connectivity index (χ1n) is 7.55. The Kier molecular flexibility index (Phi) is 3.45. The van der Waals surface area contributed by atoms with E-state index in [1.165, 1.54) is 0 Å². The van der Waals surface area contributed by atoms with Crippen LogP contribution in [0.1, 0.15) is 27.2 Å². The van der Waals surface area contributed by atoms with Gasteiger partial charge < -0.3 is 15.5 Å². The normalized spacial score (nSPS) is 26.6. The maximum Gasteiger partial charge on any atom is 0.247 e. The predicted octanol–water partition coefficient (Wildman–Crippen LogP) is 2.03. The maximum atomic E-state index is 12.6. The Hall–Kier alpha value is -1.92. The second-order valence-corrected chi connectivity index (χ2v) is 6.40. The predicted molar refractivity (Wildman–Crippen MR) is 85.5 cm³/mol. The first-order valence-corrected chi connectivity index (χ1v) is 7.55. The van der Waals surface area contributed by atoms with Crippen molar-refractivity contribution < 1.29 is 9.53 Å². The second kappa shape index (κ2) is 5.07. The first kappa shape index (κ1) is 15.0. The highest BCUT2D eigenvalue weighted by Gasteiger charge is 2.63. The summed E-state index contributed by atoms with van der Waals surface area (Å²) in [6.07, 6.45) is 0.517. The number of para-hydroxylation sites is 2. The van der Waals surface area contributed by atoms with Crippen LogP contribution in [0.25, 0.3) is 11.0 Å². The molecule has 0 radical (unpaired) electrons. The molecule has 1 saturated carbocycles. The van der Waals surface area contributed by atoms with Crippen molar-refractivity contribution in [2.24, 2.45) is 11.1 Å². The lowest BCUT2D eigenvalue weighted by Crippen LogP contribution is -2.74. The molecule has 2 atom stereocenters. The number of rotatable bonds is 4. The standard InChI is InChI=1S/C16H22N4O2/c1-4-22-12-9-16(17,15(12,2)3)13(21)20-14-18-10-7-5-6-8-11(10)19-14/h5-8,12H,4,9,17H2,1-3H3,(H2,18,19,20,21). The van der Waals surface area contributed by atoms with Crippen LogP contribution in [0, 0.1) is 5.41 Å². The number of carbonyl (C=O) groups is 1. The third-order valence-electron chi connectivity index (χ3n) is 4.86. The van der Waals surface area contributed by atoms with Crippen LogP contribution in [0.2, 0.25) is 0 Å². The van der Waals surface area contributed by atoms with E-state index in [9.17, 15) is 4.79 Å². The molecule has 1 aromatic heterocycles. The van der Waals surface area contributed by atoms with Crippen molar-refractivity contribution in [2.75, 3.05) is 11.9 Å². The van der Waals surface area contributed by atoms with Crippen molar-refractivity contribution in [3.8, 4) is 0 Å². The molecule has 0 bridgehead atoms. The van der Waals surface area contributed by atoms with Gasteiger partial charge in [0.2, 0.25) is 11.9 Å². The van der Waals surface area contributed by atoms with Crippen LogP contribution in [-0.4, -0.2) is 34.1 Å². The Morgan fingerprint density at radius 2 is 2.23 bits per heavy atom. The molecule has 6 heteroatoms. The van der Waals surface area contributed by atoms with Gasteiger partial charge in [0.05, 0.1) is 17.1 Å². The zero-order valence-corrected chi connectivity index (χ0v) is 13.1. The van der Waals surface area contributed by atoms with Crippen molar-refractivity contribution in [3.63, 3.8) is 0 Å². The van der Waals surface area contributed by atoms with Crippen LogP contribution < -0.4 is 11.1 Å². The number of hydrogen-bond donors (Lipinski definition) is 3. The van der Waals surface area contributed by atoms with Crippen LogP contribution in [0.3, 0.4) is 0 Å². The second-order valence-electron chi connectivity index (χ2n) is 6.40. The summed E-state index contributed by atoms with van der Waals surface area (Å²) in [7, 11) is 0. The summed E-state index contributed by atoms with van der Waals surface area (Å²) in [6.45, 7) is 6.50. The van der Waals surface area contributed by atoms with Gasteiger partial charge in [0, 0.05) is 18.4 Å². The number of nitrogens with two attached hydrogens (primary N) is 1. The highest BCUT2D eigenvalue weighted by atomic mass is 16.5. The Labute approximate surface area is 129 Å². The number of carbonyl (C=O) groups excluding carboxylic acids is 1. The number of imidazole rings is 1. The van der Waals surface area contributed by atoms with Gasteiger partial charge in [-0.25, -0.2) is 4.98 Å². The topological polar surface area (TPSA) is 93.0 Å². The smallest absolute Gasteiger partial charge is 0.247 e. The van der Waals surface area contributed by atoms with Gasteiger partial charge in [-0.1, -0.05) is 26.0 Å². The summed E-state index contributed by atoms with van der Waals surface area (Å²) in [4.78, 5) is 20.0. The molecule has 0 saturated heterocycles. The van der Waals surface area contributed by atoms with E-state index in [-0.39, 0.29) is 12.0 Å². The van der Waals surface area contributed by atoms with Crippen molar-refractivity contribution in [2.45, 2.75) is 38.8 Å². The summed E-state index contributed by atoms with van der Waals surface area (Å²) < 4.78 is 5.65. The number of nitrogens with one attached hydrogen (secondary N) is 2. The number of aromatic nitrogens is 2. The third-order valence-corrected chi connectivity index (χ3v) is 4.86. The molecular formula is C16H22N4O2. The van der Waals surface area contributed by atoms with Crippen molar-refractivity contribution in [1.82, 2.24) is 9.97 Å². The SMILES string of the molecule is CCOC1CC(N)(C(=O)Nc2nc3ccccc3[nH]2)C1(C)C. The minimum absolute atomic E-state index is 0.00363. The average molecular weight is 302 g/mol. The number of nitrogens with zero attached hydrogens (tertiary/aromatic N) is 1. The van der Waals surface area contributed by atoms with E-state index in [0.717, 1.165) is 11.0 Å². The summed E-state index contributed by atoms with van der Waals surface area (Å²) in [5, 5.41) is 2.81. The van der Waals surface area contributed by atoms with Crippen molar-refractivity contribution in [3.05, 3.63) is 24.3 Å². The minimum Gasteiger partial charge on any atom is -0.378 e. The average Bonchev–Trinajstić information content (AvgIpc) is 2.88. The number of fused-ring (bicyclic) bond motifs is 1. The zero-order chi connectivity index (χ0) is 16.0. The van der Waals surface area contributed by atoms with Crippen molar-refractivity contribution >= 4 is 22.9 Å². The molecule has 2 aromatic rings. The van der Waals surface area contributed by atoms with E-state index in [1.807, 2.05) is 45.0 Å². The van der Waals surface area contributed by atoms with Gasteiger partial charge in [0.25, 0.3) is 0 Å². The van der Waals surface area contributed by atoms with E-state index in [4.69, 9.17) is 10.5 Å². The molecule has 2 unspecified atom stereocenters. The lowest BCUT2D eigenvalue weighted by molar-refractivity contribution is -0.166. The Morgan fingerprint density at radius 1 is 1.50 bits per heavy atom. The molecule has 6 nitrogen and oxygen atoms in total. The van der Waals surface area contributed by atoms with Crippen LogP contribution in [0.4, 0.5) is 5.95 Å². The van der Waals surface area contributed by atoms with Gasteiger partial charge in [0.15, 0.2) is 0 Å². The fourth-order valence-electron chi connectivity index (χ4n) is 3.05. The third kappa shape index (κ3) is 2.10. The zero-order valence-electron chi connectivity index (χ0n) is 13.1. The van der Waals surface area contributed by atoms with Gasteiger partial charge in [-0.15, -0.1) is 0 Å². The molecule has 22 heavy (non-hydrogen) atoms. The van der Waals surface area contributed by atoms with E-state index in [0.29, 0.717) is 19.0 Å². The molecule has 0 spiro atoms. The van der Waals surface area contributed by atoms with Gasteiger partial charge in [0.1, 0.15) is 5.54 Å². The summed E-state index contributed by atoms with van der Waals surface area (Å²) in [6, 6.07) is 7.62. The monoisotopic (exact) mass is 302 g/mol. The molecule has 4 N–H and O–H groups in total. The molecule has 1 aliphatic rings.